The first-order valence-electron chi connectivity index (χ1n) is 12.4. The second kappa shape index (κ2) is 7.43. The van der Waals surface area contributed by atoms with E-state index in [2.05, 4.69) is 0 Å². The number of aliphatic hydroxyl groups is 1. The minimum atomic E-state index is -1.38. The molecule has 7 nitrogen and oxygen atoms in total. The van der Waals surface area contributed by atoms with Crippen molar-refractivity contribution in [2.24, 2.45) is 34.5 Å². The summed E-state index contributed by atoms with van der Waals surface area (Å²) >= 11 is 0. The molecule has 1 saturated heterocycles. The van der Waals surface area contributed by atoms with Crippen molar-refractivity contribution in [3.8, 4) is 0 Å². The van der Waals surface area contributed by atoms with E-state index in [9.17, 15) is 24.6 Å². The van der Waals surface area contributed by atoms with Crippen molar-refractivity contribution in [2.45, 2.75) is 96.0 Å². The number of aldehydes is 1. The molecule has 0 bridgehead atoms. The number of allylic oxidation sites excluding steroid dienone is 1. The summed E-state index contributed by atoms with van der Waals surface area (Å²) in [4.78, 5) is 36.0. The summed E-state index contributed by atoms with van der Waals surface area (Å²) in [6.07, 6.45) is 0.620. The van der Waals surface area contributed by atoms with Crippen molar-refractivity contribution in [1.29, 1.82) is 0 Å². The maximum Gasteiger partial charge on any atom is 0.164 e. The van der Waals surface area contributed by atoms with Crippen LogP contribution >= 0.6 is 0 Å². The Balaban J connectivity index is 1.63. The van der Waals surface area contributed by atoms with Crippen molar-refractivity contribution < 1.29 is 38.5 Å². The molecule has 1 N–H and O–H groups in total. The number of carboxylic acid groups (broad SMARTS) is 1. The predicted octanol–water partition coefficient (Wildman–Crippen LogP) is 1.89. The number of carbonyl (C=O) groups is 3. The molecular weight excluding hydrogens is 443 g/mol. The van der Waals surface area contributed by atoms with Gasteiger partial charge in [0.1, 0.15) is 18.1 Å². The molecule has 0 aromatic heterocycles. The lowest BCUT2D eigenvalue weighted by Crippen LogP contribution is -2.66. The average Bonchev–Trinajstić information content (AvgIpc) is 3.12. The third-order valence-electron chi connectivity index (χ3n) is 10.1. The number of rotatable bonds is 4. The van der Waals surface area contributed by atoms with Crippen LogP contribution in [0.5, 0.6) is 0 Å². The van der Waals surface area contributed by atoms with Crippen LogP contribution in [0.4, 0.5) is 4.39 Å². The third-order valence-corrected chi connectivity index (χ3v) is 10.1. The molecule has 5 aliphatic rings. The van der Waals surface area contributed by atoms with Crippen LogP contribution in [0.2, 0.25) is 0 Å². The Morgan fingerprint density at radius 3 is 2.68 bits per heavy atom. The summed E-state index contributed by atoms with van der Waals surface area (Å²) in [5.74, 6) is -4.45. The first-order chi connectivity index (χ1) is 15.8. The zero-order chi connectivity index (χ0) is 24.8. The number of hydrogen-bond donors (Lipinski definition) is 1. The smallest absolute Gasteiger partial charge is 0.164 e. The molecule has 188 valence electrons. The summed E-state index contributed by atoms with van der Waals surface area (Å²) in [5, 5.41) is 24.0. The Morgan fingerprint density at radius 2 is 2.03 bits per heavy atom. The van der Waals surface area contributed by atoms with E-state index in [-0.39, 0.29) is 42.8 Å². The molecule has 0 amide bonds. The highest BCUT2D eigenvalue weighted by Gasteiger charge is 2.76. The Morgan fingerprint density at radius 1 is 1.32 bits per heavy atom. The molecule has 1 heterocycles. The Labute approximate surface area is 199 Å². The summed E-state index contributed by atoms with van der Waals surface area (Å²) in [6, 6.07) is 0. The van der Waals surface area contributed by atoms with Gasteiger partial charge in [-0.05, 0) is 74.3 Å². The lowest BCUT2D eigenvalue weighted by atomic mass is 9.44. The monoisotopic (exact) mass is 477 g/mol. The van der Waals surface area contributed by atoms with Crippen molar-refractivity contribution in [3.63, 3.8) is 0 Å². The molecular formula is C26H34FO7-. The molecule has 3 saturated carbocycles. The number of aliphatic carboxylic acids is 1. The van der Waals surface area contributed by atoms with E-state index in [1.165, 1.54) is 6.08 Å². The number of ketones is 1. The van der Waals surface area contributed by atoms with E-state index in [4.69, 9.17) is 9.47 Å². The fourth-order valence-electron chi connectivity index (χ4n) is 9.02. The highest BCUT2D eigenvalue weighted by molar-refractivity contribution is 5.92. The zero-order valence-corrected chi connectivity index (χ0v) is 20.2. The number of aliphatic hydroxyl groups excluding tert-OH is 1. The van der Waals surface area contributed by atoms with Gasteiger partial charge in [0, 0.05) is 30.1 Å². The summed E-state index contributed by atoms with van der Waals surface area (Å²) in [5.41, 5.74) is -2.40. The van der Waals surface area contributed by atoms with Crippen LogP contribution in [0.15, 0.2) is 11.6 Å². The number of hydrogen-bond acceptors (Lipinski definition) is 7. The van der Waals surface area contributed by atoms with E-state index in [0.717, 1.165) is 0 Å². The first-order valence-corrected chi connectivity index (χ1v) is 12.4. The van der Waals surface area contributed by atoms with Gasteiger partial charge >= 0.3 is 0 Å². The molecule has 10 atom stereocenters. The molecule has 0 aromatic carbocycles. The first kappa shape index (κ1) is 24.1. The highest BCUT2D eigenvalue weighted by atomic mass is 19.1. The predicted molar refractivity (Wildman–Crippen MR) is 116 cm³/mol. The normalized spacial score (nSPS) is 49.8. The average molecular weight is 478 g/mol. The summed E-state index contributed by atoms with van der Waals surface area (Å²) in [6.45, 7) is 7.30. The van der Waals surface area contributed by atoms with E-state index >= 15 is 4.39 Å². The minimum Gasteiger partial charge on any atom is -0.550 e. The molecule has 8 heteroatoms. The number of ether oxygens (including phenoxy) is 2. The third kappa shape index (κ3) is 2.94. The zero-order valence-electron chi connectivity index (χ0n) is 20.2. The van der Waals surface area contributed by atoms with E-state index in [1.807, 2.05) is 13.8 Å². The molecule has 4 fully saturated rings. The van der Waals surface area contributed by atoms with Gasteiger partial charge in [0.05, 0.1) is 12.2 Å². The number of fused-ring (bicyclic) bond motifs is 7. The second-order valence-electron chi connectivity index (χ2n) is 12.1. The second-order valence-corrected chi connectivity index (χ2v) is 12.1. The van der Waals surface area contributed by atoms with Crippen LogP contribution in [-0.2, 0) is 23.9 Å². The van der Waals surface area contributed by atoms with E-state index in [1.54, 1.807) is 13.8 Å². The SMILES string of the molecule is CC1(C)O[C@@H]2C[C@H]3[C@@H]4C[C@H](F)C5=CC(=O)CC[C@]5(C)[C@H]4[C@@H](O)C[C@]3(C)[C@]2(C(CC=O)C(=O)[O-])O1. The maximum atomic E-state index is 15.6. The Hall–Kier alpha value is -1.64. The maximum absolute atomic E-state index is 15.6. The minimum absolute atomic E-state index is 0.0761. The van der Waals surface area contributed by atoms with Gasteiger partial charge in [-0.2, -0.15) is 0 Å². The molecule has 4 aliphatic carbocycles. The topological polar surface area (TPSA) is 113 Å². The Bertz CT molecular complexity index is 961. The van der Waals surface area contributed by atoms with Crippen molar-refractivity contribution in [1.82, 2.24) is 0 Å². The van der Waals surface area contributed by atoms with Crippen molar-refractivity contribution in [3.05, 3.63) is 11.6 Å². The molecule has 0 radical (unpaired) electrons. The van der Waals surface area contributed by atoms with E-state index < -0.39 is 52.5 Å². The highest BCUT2D eigenvalue weighted by Crippen LogP contribution is 2.72. The van der Waals surface area contributed by atoms with Crippen LogP contribution in [0.1, 0.15) is 66.2 Å². The summed E-state index contributed by atoms with van der Waals surface area (Å²) in [7, 11) is 0. The molecule has 0 aromatic rings. The van der Waals surface area contributed by atoms with Crippen LogP contribution < -0.4 is 5.11 Å². The van der Waals surface area contributed by atoms with Gasteiger partial charge < -0.3 is 29.3 Å². The van der Waals surface area contributed by atoms with Gasteiger partial charge in [0.15, 0.2) is 11.6 Å². The lowest BCUT2D eigenvalue weighted by Gasteiger charge is -2.62. The van der Waals surface area contributed by atoms with Crippen LogP contribution in [-0.4, -0.2) is 52.9 Å². The molecule has 34 heavy (non-hydrogen) atoms. The standard InChI is InChI=1S/C26H35FO7/c1-23(2)33-20-11-16-14-10-18(27)17-9-13(29)5-7-24(17,3)21(14)19(30)12-25(16,4)26(20,34-23)15(6-8-28)22(31)32/h8-9,14-16,18-21,30H,5-7,10-12H2,1-4H3,(H,31,32)/p-1/t14-,15?,16-,18-,19-,20+,21+,24-,25-,26+/m0/s1. The number of halogens is 1. The Kier molecular flexibility index (Phi) is 5.26. The van der Waals surface area contributed by atoms with Crippen LogP contribution in [0.3, 0.4) is 0 Å². The van der Waals surface area contributed by atoms with Gasteiger partial charge in [-0.15, -0.1) is 0 Å². The fourth-order valence-corrected chi connectivity index (χ4v) is 9.02. The number of carbonyl (C=O) groups excluding carboxylic acids is 3. The largest absolute Gasteiger partial charge is 0.550 e. The van der Waals surface area contributed by atoms with Crippen LogP contribution in [0, 0.1) is 34.5 Å². The van der Waals surface area contributed by atoms with Crippen molar-refractivity contribution in [2.75, 3.05) is 0 Å². The quantitative estimate of drug-likeness (QED) is 0.615. The van der Waals surface area contributed by atoms with Gasteiger partial charge in [-0.25, -0.2) is 4.39 Å². The van der Waals surface area contributed by atoms with Gasteiger partial charge in [-0.3, -0.25) is 4.79 Å². The molecule has 1 aliphatic heterocycles. The van der Waals surface area contributed by atoms with Gasteiger partial charge in [0.2, 0.25) is 0 Å². The van der Waals surface area contributed by atoms with E-state index in [0.29, 0.717) is 31.1 Å². The lowest BCUT2D eigenvalue weighted by molar-refractivity contribution is -0.325. The number of alkyl halides is 1. The van der Waals surface area contributed by atoms with Gasteiger partial charge in [0.25, 0.3) is 0 Å². The van der Waals surface area contributed by atoms with Gasteiger partial charge in [-0.1, -0.05) is 13.8 Å². The molecule has 1 unspecified atom stereocenters. The number of carboxylic acids is 1. The molecule has 0 spiro atoms. The van der Waals surface area contributed by atoms with Crippen molar-refractivity contribution >= 4 is 18.0 Å². The summed E-state index contributed by atoms with van der Waals surface area (Å²) < 4.78 is 28.3. The molecule has 5 rings (SSSR count). The van der Waals surface area contributed by atoms with Crippen LogP contribution in [0.25, 0.3) is 0 Å². The fraction of sp³-hybridized carbons (Fsp3) is 0.808.